The molecule has 0 unspecified atom stereocenters. The highest BCUT2D eigenvalue weighted by molar-refractivity contribution is 7.14. The highest BCUT2D eigenvalue weighted by atomic mass is 32.1. The van der Waals surface area contributed by atoms with Crippen LogP contribution in [0.3, 0.4) is 0 Å². The van der Waals surface area contributed by atoms with Gasteiger partial charge in [0.2, 0.25) is 0 Å². The summed E-state index contributed by atoms with van der Waals surface area (Å²) in [4.78, 5) is 28.0. The molecule has 0 spiro atoms. The number of hydrogen-bond acceptors (Lipinski definition) is 5. The summed E-state index contributed by atoms with van der Waals surface area (Å²) < 4.78 is 1.33. The summed E-state index contributed by atoms with van der Waals surface area (Å²) in [7, 11) is 0. The van der Waals surface area contributed by atoms with Gasteiger partial charge in [-0.1, -0.05) is 48.5 Å². The number of hydrogen-bond donors (Lipinski definition) is 1. The third-order valence-electron chi connectivity index (χ3n) is 4.68. The Kier molecular flexibility index (Phi) is 5.54. The fourth-order valence-electron chi connectivity index (χ4n) is 3.14. The number of carbonyl (C=O) groups excluding carboxylic acids is 1. The van der Waals surface area contributed by atoms with Crippen molar-refractivity contribution in [3.8, 4) is 0 Å². The number of aromatic nitrogens is 2. The summed E-state index contributed by atoms with van der Waals surface area (Å²) in [6, 6.07) is 20.5. The van der Waals surface area contributed by atoms with Crippen LogP contribution in [0, 0.1) is 6.92 Å². The molecule has 0 radical (unpaired) electrons. The van der Waals surface area contributed by atoms with Crippen molar-refractivity contribution in [3.05, 3.63) is 98.1 Å². The van der Waals surface area contributed by atoms with Gasteiger partial charge in [-0.15, -0.1) is 11.3 Å². The van der Waals surface area contributed by atoms with E-state index in [1.807, 2.05) is 56.3 Å². The monoisotopic (exact) mass is 416 g/mol. The second kappa shape index (κ2) is 8.42. The van der Waals surface area contributed by atoms with E-state index in [4.69, 9.17) is 0 Å². The third-order valence-corrected chi connectivity index (χ3v) is 5.79. The number of carbonyl (C=O) groups is 1. The van der Waals surface area contributed by atoms with E-state index in [-0.39, 0.29) is 17.8 Å². The zero-order chi connectivity index (χ0) is 21.1. The maximum absolute atomic E-state index is 12.9. The smallest absolute Gasteiger partial charge is 0.267 e. The Labute approximate surface area is 177 Å². The van der Waals surface area contributed by atoms with Crippen molar-refractivity contribution in [3.63, 3.8) is 0 Å². The normalized spacial score (nSPS) is 11.6. The van der Waals surface area contributed by atoms with Crippen molar-refractivity contribution in [1.29, 1.82) is 0 Å². The van der Waals surface area contributed by atoms with E-state index in [0.29, 0.717) is 16.5 Å². The minimum Gasteiger partial charge on any atom is -0.267 e. The van der Waals surface area contributed by atoms with Gasteiger partial charge in [-0.25, -0.2) is 10.1 Å². The average Bonchev–Trinajstić information content (AvgIpc) is 3.21. The Bertz CT molecular complexity index is 1310. The van der Waals surface area contributed by atoms with Crippen molar-refractivity contribution in [1.82, 2.24) is 15.2 Å². The van der Waals surface area contributed by atoms with Crippen LogP contribution in [-0.4, -0.2) is 21.4 Å². The first-order valence-corrected chi connectivity index (χ1v) is 10.3. The highest BCUT2D eigenvalue weighted by Gasteiger charge is 2.17. The summed E-state index contributed by atoms with van der Waals surface area (Å²) in [5.74, 6) is -0.458. The third kappa shape index (κ3) is 4.06. The molecule has 0 aliphatic rings. The minimum atomic E-state index is -0.458. The molecule has 0 saturated carbocycles. The first-order chi connectivity index (χ1) is 14.5. The van der Waals surface area contributed by atoms with Crippen LogP contribution in [0.5, 0.6) is 0 Å². The maximum Gasteiger partial charge on any atom is 0.292 e. The van der Waals surface area contributed by atoms with Crippen molar-refractivity contribution in [2.45, 2.75) is 20.4 Å². The van der Waals surface area contributed by atoms with Crippen LogP contribution in [-0.2, 0) is 6.54 Å². The summed E-state index contributed by atoms with van der Waals surface area (Å²) in [6.07, 6.45) is 0. The van der Waals surface area contributed by atoms with Gasteiger partial charge in [-0.2, -0.15) is 10.2 Å². The number of fused-ring (bicyclic) bond motifs is 1. The number of thiophene rings is 1. The van der Waals surface area contributed by atoms with Crippen molar-refractivity contribution < 1.29 is 4.79 Å². The predicted octanol–water partition coefficient (Wildman–Crippen LogP) is 3.97. The average molecular weight is 417 g/mol. The summed E-state index contributed by atoms with van der Waals surface area (Å²) in [5, 5.41) is 9.55. The molecule has 150 valence electrons. The van der Waals surface area contributed by atoms with Crippen molar-refractivity contribution in [2.75, 3.05) is 0 Å². The zero-order valence-electron chi connectivity index (χ0n) is 16.6. The first kappa shape index (κ1) is 19.7. The molecule has 0 saturated heterocycles. The van der Waals surface area contributed by atoms with Gasteiger partial charge in [0.1, 0.15) is 0 Å². The van der Waals surface area contributed by atoms with E-state index in [1.165, 1.54) is 9.56 Å². The molecule has 2 heterocycles. The second-order valence-electron chi connectivity index (χ2n) is 6.89. The largest absolute Gasteiger partial charge is 0.292 e. The van der Waals surface area contributed by atoms with Crippen LogP contribution in [0.1, 0.15) is 32.7 Å². The molecule has 0 bridgehead atoms. The number of benzene rings is 2. The molecule has 4 rings (SSSR count). The van der Waals surface area contributed by atoms with E-state index in [9.17, 15) is 9.59 Å². The lowest BCUT2D eigenvalue weighted by Gasteiger charge is -2.10. The van der Waals surface area contributed by atoms with Crippen LogP contribution in [0.25, 0.3) is 10.8 Å². The fourth-order valence-corrected chi connectivity index (χ4v) is 3.95. The van der Waals surface area contributed by atoms with E-state index in [2.05, 4.69) is 15.6 Å². The Morgan fingerprint density at radius 3 is 2.43 bits per heavy atom. The lowest BCUT2D eigenvalue weighted by atomic mass is 10.1. The number of nitrogens with zero attached hydrogens (tertiary/aromatic N) is 3. The van der Waals surface area contributed by atoms with Crippen LogP contribution in [0.2, 0.25) is 0 Å². The molecular formula is C23H20N4O2S. The SMILES string of the molecule is C/C(=N/NC(=O)c1nn(Cc2ccccc2)c(=O)c2ccccc12)c1ccc(C)s1. The molecule has 2 aromatic heterocycles. The molecule has 4 aromatic rings. The van der Waals surface area contributed by atoms with Gasteiger partial charge in [0.15, 0.2) is 5.69 Å². The van der Waals surface area contributed by atoms with Crippen LogP contribution < -0.4 is 11.0 Å². The fraction of sp³-hybridized carbons (Fsp3) is 0.130. The summed E-state index contributed by atoms with van der Waals surface area (Å²) in [6.45, 7) is 4.14. The van der Waals surface area contributed by atoms with Gasteiger partial charge in [-0.3, -0.25) is 9.59 Å². The van der Waals surface area contributed by atoms with E-state index < -0.39 is 5.91 Å². The predicted molar refractivity (Wildman–Crippen MR) is 120 cm³/mol. The molecule has 0 fully saturated rings. The van der Waals surface area contributed by atoms with Gasteiger partial charge in [-0.05, 0) is 37.6 Å². The minimum absolute atomic E-state index is 0.167. The molecule has 0 aliphatic carbocycles. The Morgan fingerprint density at radius 2 is 1.73 bits per heavy atom. The lowest BCUT2D eigenvalue weighted by molar-refractivity contribution is 0.0949. The number of rotatable bonds is 5. The van der Waals surface area contributed by atoms with E-state index in [1.54, 1.807) is 35.6 Å². The van der Waals surface area contributed by atoms with Gasteiger partial charge in [0, 0.05) is 10.3 Å². The Hall–Kier alpha value is -3.58. The molecule has 7 heteroatoms. The van der Waals surface area contributed by atoms with Gasteiger partial charge < -0.3 is 0 Å². The van der Waals surface area contributed by atoms with Crippen molar-refractivity contribution >= 4 is 33.7 Å². The molecule has 1 N–H and O–H groups in total. The van der Waals surface area contributed by atoms with E-state index >= 15 is 0 Å². The van der Waals surface area contributed by atoms with Crippen molar-refractivity contribution in [2.24, 2.45) is 5.10 Å². The standard InChI is InChI=1S/C23H20N4O2S/c1-15-12-13-20(30-15)16(2)24-25-22(28)21-18-10-6-7-11-19(18)23(29)27(26-21)14-17-8-4-3-5-9-17/h3-13H,14H2,1-2H3,(H,25,28)/b24-16-. The van der Waals surface area contributed by atoms with Gasteiger partial charge in [0.25, 0.3) is 11.5 Å². The molecule has 0 atom stereocenters. The molecule has 1 amide bonds. The molecule has 0 aliphatic heterocycles. The second-order valence-corrected chi connectivity index (χ2v) is 8.18. The lowest BCUT2D eigenvalue weighted by Crippen LogP contribution is -2.29. The number of nitrogens with one attached hydrogen (secondary N) is 1. The Balaban J connectivity index is 1.71. The van der Waals surface area contributed by atoms with E-state index in [0.717, 1.165) is 10.4 Å². The summed E-state index contributed by atoms with van der Waals surface area (Å²) in [5.41, 5.74) is 4.16. The first-order valence-electron chi connectivity index (χ1n) is 9.48. The quantitative estimate of drug-likeness (QED) is 0.395. The number of hydrazone groups is 1. The molecule has 2 aromatic carbocycles. The molecule has 30 heavy (non-hydrogen) atoms. The number of amides is 1. The topological polar surface area (TPSA) is 76.3 Å². The molecule has 6 nitrogen and oxygen atoms in total. The van der Waals surface area contributed by atoms with Crippen LogP contribution in [0.4, 0.5) is 0 Å². The highest BCUT2D eigenvalue weighted by Crippen LogP contribution is 2.16. The molecular weight excluding hydrogens is 396 g/mol. The van der Waals surface area contributed by atoms with Crippen LogP contribution >= 0.6 is 11.3 Å². The summed E-state index contributed by atoms with van der Waals surface area (Å²) >= 11 is 1.61. The maximum atomic E-state index is 12.9. The van der Waals surface area contributed by atoms with Crippen LogP contribution in [0.15, 0.2) is 76.6 Å². The Morgan fingerprint density at radius 1 is 1.03 bits per heavy atom. The van der Waals surface area contributed by atoms with Gasteiger partial charge in [0.05, 0.1) is 22.5 Å². The number of aryl methyl sites for hydroxylation is 1. The zero-order valence-corrected chi connectivity index (χ0v) is 17.4. The van der Waals surface area contributed by atoms with Gasteiger partial charge >= 0.3 is 0 Å².